The molecule has 7 nitrogen and oxygen atoms in total. The van der Waals surface area contributed by atoms with Gasteiger partial charge in [0.2, 0.25) is 11.7 Å². The van der Waals surface area contributed by atoms with Crippen molar-refractivity contribution in [2.24, 2.45) is 0 Å². The van der Waals surface area contributed by atoms with Gasteiger partial charge in [-0.1, -0.05) is 5.16 Å². The number of benzene rings is 1. The zero-order valence-electron chi connectivity index (χ0n) is 11.4. The highest BCUT2D eigenvalue weighted by Gasteiger charge is 2.29. The third-order valence-electron chi connectivity index (χ3n) is 3.18. The molecule has 0 aliphatic heterocycles. The van der Waals surface area contributed by atoms with Gasteiger partial charge in [0, 0.05) is 5.92 Å². The molecule has 3 rings (SSSR count). The number of carboxylic acid groups (broad SMARTS) is 1. The Hall–Kier alpha value is -2.57. The summed E-state index contributed by atoms with van der Waals surface area (Å²) in [5.74, 6) is 1.27. The van der Waals surface area contributed by atoms with E-state index < -0.39 is 5.97 Å². The fourth-order valence-corrected chi connectivity index (χ4v) is 1.88. The highest BCUT2D eigenvalue weighted by atomic mass is 16.5. The number of aromatic carboxylic acids is 1. The van der Waals surface area contributed by atoms with Gasteiger partial charge in [0.25, 0.3) is 0 Å². The Kier molecular flexibility index (Phi) is 3.47. The molecule has 1 aromatic heterocycles. The van der Waals surface area contributed by atoms with E-state index in [2.05, 4.69) is 10.1 Å². The van der Waals surface area contributed by atoms with Crippen LogP contribution in [0, 0.1) is 0 Å². The first-order valence-electron chi connectivity index (χ1n) is 6.54. The van der Waals surface area contributed by atoms with Gasteiger partial charge in [-0.3, -0.25) is 0 Å². The zero-order valence-corrected chi connectivity index (χ0v) is 11.4. The lowest BCUT2D eigenvalue weighted by atomic mass is 10.2. The van der Waals surface area contributed by atoms with Crippen LogP contribution in [0.25, 0.3) is 0 Å². The molecule has 0 bridgehead atoms. The van der Waals surface area contributed by atoms with Crippen molar-refractivity contribution < 1.29 is 23.9 Å². The second-order valence-corrected chi connectivity index (χ2v) is 4.78. The number of carbonyl (C=O) groups is 1. The van der Waals surface area contributed by atoms with Gasteiger partial charge < -0.3 is 19.1 Å². The molecule has 0 unspecified atom stereocenters. The summed E-state index contributed by atoms with van der Waals surface area (Å²) in [6, 6.07) is 4.40. The van der Waals surface area contributed by atoms with Crippen LogP contribution in [0.1, 0.15) is 40.8 Å². The van der Waals surface area contributed by atoms with E-state index in [9.17, 15) is 4.79 Å². The summed E-state index contributed by atoms with van der Waals surface area (Å²) < 4.78 is 15.8. The monoisotopic (exact) mass is 290 g/mol. The number of rotatable bonds is 6. The number of carboxylic acids is 1. The van der Waals surface area contributed by atoms with E-state index in [0.717, 1.165) is 12.8 Å². The first-order chi connectivity index (χ1) is 10.2. The maximum absolute atomic E-state index is 10.9. The summed E-state index contributed by atoms with van der Waals surface area (Å²) in [5, 5.41) is 12.8. The average molecular weight is 290 g/mol. The molecule has 1 aromatic carbocycles. The van der Waals surface area contributed by atoms with Crippen LogP contribution >= 0.6 is 0 Å². The number of methoxy groups -OCH3 is 1. The largest absolute Gasteiger partial charge is 0.493 e. The van der Waals surface area contributed by atoms with E-state index >= 15 is 0 Å². The molecule has 1 N–H and O–H groups in total. The van der Waals surface area contributed by atoms with Crippen LogP contribution in [0.5, 0.6) is 11.5 Å². The Morgan fingerprint density at radius 2 is 2.24 bits per heavy atom. The van der Waals surface area contributed by atoms with Crippen LogP contribution in [0.15, 0.2) is 22.7 Å². The minimum absolute atomic E-state index is 0.134. The first-order valence-corrected chi connectivity index (χ1v) is 6.54. The Morgan fingerprint density at radius 3 is 2.90 bits per heavy atom. The van der Waals surface area contributed by atoms with Gasteiger partial charge in [0.05, 0.1) is 12.7 Å². The summed E-state index contributed by atoms with van der Waals surface area (Å²) in [5.41, 5.74) is 0.134. The molecule has 0 radical (unpaired) electrons. The van der Waals surface area contributed by atoms with E-state index in [1.54, 1.807) is 6.07 Å². The van der Waals surface area contributed by atoms with Gasteiger partial charge in [0.1, 0.15) is 0 Å². The van der Waals surface area contributed by atoms with Gasteiger partial charge in [-0.25, -0.2) is 4.79 Å². The van der Waals surface area contributed by atoms with Crippen LogP contribution in [-0.4, -0.2) is 28.3 Å². The topological polar surface area (TPSA) is 94.7 Å². The molecule has 1 saturated carbocycles. The standard InChI is InChI=1S/C14H14N2O5/c1-19-11-6-9(14(17)18)4-5-10(11)20-7-12-15-13(21-16-12)8-2-3-8/h4-6,8H,2-3,7H2,1H3,(H,17,18). The van der Waals surface area contributed by atoms with Crippen molar-refractivity contribution in [1.82, 2.24) is 10.1 Å². The van der Waals surface area contributed by atoms with Crippen molar-refractivity contribution in [3.63, 3.8) is 0 Å². The third kappa shape index (κ3) is 2.96. The summed E-state index contributed by atoms with van der Waals surface area (Å²) in [6.45, 7) is 0.138. The van der Waals surface area contributed by atoms with Crippen LogP contribution in [0.4, 0.5) is 0 Å². The Bertz CT molecular complexity index is 663. The van der Waals surface area contributed by atoms with Gasteiger partial charge in [0.15, 0.2) is 18.1 Å². The molecular formula is C14H14N2O5. The first kappa shape index (κ1) is 13.4. The second kappa shape index (κ2) is 5.43. The molecular weight excluding hydrogens is 276 g/mol. The van der Waals surface area contributed by atoms with Gasteiger partial charge in [-0.2, -0.15) is 4.98 Å². The molecule has 1 aliphatic rings. The van der Waals surface area contributed by atoms with Crippen LogP contribution in [0.3, 0.4) is 0 Å². The van der Waals surface area contributed by atoms with E-state index in [1.165, 1.54) is 19.2 Å². The third-order valence-corrected chi connectivity index (χ3v) is 3.18. The predicted molar refractivity (Wildman–Crippen MR) is 70.6 cm³/mol. The molecule has 110 valence electrons. The van der Waals surface area contributed by atoms with Crippen molar-refractivity contribution in [1.29, 1.82) is 0 Å². The van der Waals surface area contributed by atoms with Crippen molar-refractivity contribution in [3.8, 4) is 11.5 Å². The maximum Gasteiger partial charge on any atom is 0.335 e. The molecule has 0 atom stereocenters. The van der Waals surface area contributed by atoms with Crippen molar-refractivity contribution in [3.05, 3.63) is 35.5 Å². The molecule has 1 aliphatic carbocycles. The highest BCUT2D eigenvalue weighted by Crippen LogP contribution is 2.38. The normalized spacial score (nSPS) is 14.0. The smallest absolute Gasteiger partial charge is 0.335 e. The molecule has 0 amide bonds. The summed E-state index contributed by atoms with van der Waals surface area (Å²) in [4.78, 5) is 15.2. The molecule has 7 heteroatoms. The lowest BCUT2D eigenvalue weighted by molar-refractivity contribution is 0.0696. The van der Waals surface area contributed by atoms with Crippen molar-refractivity contribution >= 4 is 5.97 Å². The Morgan fingerprint density at radius 1 is 1.43 bits per heavy atom. The lowest BCUT2D eigenvalue weighted by Crippen LogP contribution is -2.02. The number of hydrogen-bond donors (Lipinski definition) is 1. The highest BCUT2D eigenvalue weighted by molar-refractivity contribution is 5.88. The summed E-state index contributed by atoms with van der Waals surface area (Å²) in [6.07, 6.45) is 2.18. The lowest BCUT2D eigenvalue weighted by Gasteiger charge is -2.09. The molecule has 2 aromatic rings. The van der Waals surface area contributed by atoms with Crippen LogP contribution in [-0.2, 0) is 6.61 Å². The Labute approximate surface area is 120 Å². The number of ether oxygens (including phenoxy) is 2. The number of hydrogen-bond acceptors (Lipinski definition) is 6. The van der Waals surface area contributed by atoms with Crippen molar-refractivity contribution in [2.75, 3.05) is 7.11 Å². The minimum Gasteiger partial charge on any atom is -0.493 e. The van der Waals surface area contributed by atoms with E-state index in [4.69, 9.17) is 19.1 Å². The van der Waals surface area contributed by atoms with Crippen LogP contribution in [0.2, 0.25) is 0 Å². The predicted octanol–water partition coefficient (Wildman–Crippen LogP) is 2.23. The van der Waals surface area contributed by atoms with E-state index in [-0.39, 0.29) is 12.2 Å². The molecule has 1 heterocycles. The van der Waals surface area contributed by atoms with Crippen molar-refractivity contribution in [2.45, 2.75) is 25.4 Å². The van der Waals surface area contributed by atoms with E-state index in [0.29, 0.717) is 29.1 Å². The van der Waals surface area contributed by atoms with Gasteiger partial charge in [-0.05, 0) is 31.0 Å². The molecule has 21 heavy (non-hydrogen) atoms. The SMILES string of the molecule is COc1cc(C(=O)O)ccc1OCc1noc(C2CC2)n1. The number of nitrogens with zero attached hydrogens (tertiary/aromatic N) is 2. The molecule has 1 fully saturated rings. The fraction of sp³-hybridized carbons (Fsp3) is 0.357. The Balaban J connectivity index is 1.69. The van der Waals surface area contributed by atoms with Gasteiger partial charge in [-0.15, -0.1) is 0 Å². The molecule has 0 saturated heterocycles. The maximum atomic E-state index is 10.9. The minimum atomic E-state index is -1.02. The number of aromatic nitrogens is 2. The average Bonchev–Trinajstić information content (AvgIpc) is 3.24. The van der Waals surface area contributed by atoms with E-state index in [1.807, 2.05) is 0 Å². The fourth-order valence-electron chi connectivity index (χ4n) is 1.88. The quantitative estimate of drug-likeness (QED) is 0.871. The van der Waals surface area contributed by atoms with Crippen LogP contribution < -0.4 is 9.47 Å². The summed E-state index contributed by atoms with van der Waals surface area (Å²) in [7, 11) is 1.45. The van der Waals surface area contributed by atoms with Gasteiger partial charge >= 0.3 is 5.97 Å². The second-order valence-electron chi connectivity index (χ2n) is 4.78. The zero-order chi connectivity index (χ0) is 14.8. The summed E-state index contributed by atoms with van der Waals surface area (Å²) >= 11 is 0. The molecule has 0 spiro atoms.